The molecule has 2 heterocycles. The standard InChI is InChI=1S/C16H18N4O/c1-11-13(16(21)20-12-6-3-2-4-7-12)10-18-15(19-11)14-8-5-9-17-14/h2-4,6-7,10,14,17H,5,8-9H2,1H3,(H,20,21)/t14-/m0/s1. The number of hydrogen-bond donors (Lipinski definition) is 2. The van der Waals surface area contributed by atoms with Gasteiger partial charge in [0.05, 0.1) is 17.3 Å². The van der Waals surface area contributed by atoms with Crippen molar-refractivity contribution in [2.45, 2.75) is 25.8 Å². The van der Waals surface area contributed by atoms with E-state index in [1.165, 1.54) is 0 Å². The molecule has 3 rings (SSSR count). The van der Waals surface area contributed by atoms with Gasteiger partial charge in [-0.3, -0.25) is 4.79 Å². The number of nitrogens with one attached hydrogen (secondary N) is 2. The highest BCUT2D eigenvalue weighted by Crippen LogP contribution is 2.20. The Labute approximate surface area is 123 Å². The van der Waals surface area contributed by atoms with Crippen LogP contribution in [0.2, 0.25) is 0 Å². The molecule has 0 bridgehead atoms. The topological polar surface area (TPSA) is 66.9 Å². The number of benzene rings is 1. The second-order valence-electron chi connectivity index (χ2n) is 5.20. The number of anilines is 1. The van der Waals surface area contributed by atoms with E-state index in [-0.39, 0.29) is 11.9 Å². The lowest BCUT2D eigenvalue weighted by Crippen LogP contribution is -2.19. The van der Waals surface area contributed by atoms with Crippen molar-refractivity contribution in [1.82, 2.24) is 15.3 Å². The molecule has 5 nitrogen and oxygen atoms in total. The minimum atomic E-state index is -0.176. The van der Waals surface area contributed by atoms with Gasteiger partial charge in [-0.1, -0.05) is 18.2 Å². The quantitative estimate of drug-likeness (QED) is 0.907. The third kappa shape index (κ3) is 3.08. The van der Waals surface area contributed by atoms with Crippen molar-refractivity contribution < 1.29 is 4.79 Å². The minimum absolute atomic E-state index is 0.176. The first kappa shape index (κ1) is 13.7. The van der Waals surface area contributed by atoms with Gasteiger partial charge in [0.1, 0.15) is 5.82 Å². The van der Waals surface area contributed by atoms with Gasteiger partial charge in [0.15, 0.2) is 0 Å². The summed E-state index contributed by atoms with van der Waals surface area (Å²) in [5.74, 6) is 0.603. The highest BCUT2D eigenvalue weighted by atomic mass is 16.1. The van der Waals surface area contributed by atoms with Crippen LogP contribution in [0.5, 0.6) is 0 Å². The van der Waals surface area contributed by atoms with Gasteiger partial charge >= 0.3 is 0 Å². The van der Waals surface area contributed by atoms with Crippen LogP contribution in [0.3, 0.4) is 0 Å². The Morgan fingerprint density at radius 1 is 1.33 bits per heavy atom. The fourth-order valence-electron chi connectivity index (χ4n) is 2.50. The Hall–Kier alpha value is -2.27. The zero-order valence-corrected chi connectivity index (χ0v) is 12.0. The van der Waals surface area contributed by atoms with E-state index in [1.54, 1.807) is 6.20 Å². The van der Waals surface area contributed by atoms with Crippen molar-refractivity contribution in [3.63, 3.8) is 0 Å². The van der Waals surface area contributed by atoms with Crippen molar-refractivity contribution in [3.8, 4) is 0 Å². The molecule has 1 fully saturated rings. The van der Waals surface area contributed by atoms with E-state index in [4.69, 9.17) is 0 Å². The molecule has 2 N–H and O–H groups in total. The van der Waals surface area contributed by atoms with Crippen LogP contribution in [-0.2, 0) is 0 Å². The molecule has 1 aromatic carbocycles. The van der Waals surface area contributed by atoms with Crippen molar-refractivity contribution in [1.29, 1.82) is 0 Å². The molecule has 0 saturated carbocycles. The van der Waals surface area contributed by atoms with Crippen LogP contribution in [0.4, 0.5) is 5.69 Å². The summed E-state index contributed by atoms with van der Waals surface area (Å²) in [5, 5.41) is 6.22. The van der Waals surface area contributed by atoms with Gasteiger partial charge in [-0.15, -0.1) is 0 Å². The lowest BCUT2D eigenvalue weighted by atomic mass is 10.2. The van der Waals surface area contributed by atoms with Gasteiger partial charge in [0, 0.05) is 11.9 Å². The van der Waals surface area contributed by atoms with E-state index >= 15 is 0 Å². The fraction of sp³-hybridized carbons (Fsp3) is 0.312. The van der Waals surface area contributed by atoms with Gasteiger partial charge in [-0.05, 0) is 38.4 Å². The SMILES string of the molecule is Cc1nc([C@@H]2CCCN2)ncc1C(=O)Nc1ccccc1. The van der Waals surface area contributed by atoms with E-state index < -0.39 is 0 Å². The van der Waals surface area contributed by atoms with Crippen LogP contribution in [0.1, 0.15) is 40.8 Å². The van der Waals surface area contributed by atoms with Crippen molar-refractivity contribution in [2.75, 3.05) is 11.9 Å². The van der Waals surface area contributed by atoms with Gasteiger partial charge < -0.3 is 10.6 Å². The minimum Gasteiger partial charge on any atom is -0.322 e. The first-order chi connectivity index (χ1) is 10.2. The third-order valence-corrected chi connectivity index (χ3v) is 3.65. The van der Waals surface area contributed by atoms with E-state index in [9.17, 15) is 4.79 Å². The number of para-hydroxylation sites is 1. The van der Waals surface area contributed by atoms with Crippen LogP contribution < -0.4 is 10.6 Å². The Morgan fingerprint density at radius 3 is 2.81 bits per heavy atom. The van der Waals surface area contributed by atoms with Crippen LogP contribution in [0, 0.1) is 6.92 Å². The van der Waals surface area contributed by atoms with E-state index in [1.807, 2.05) is 37.3 Å². The molecule has 108 valence electrons. The van der Waals surface area contributed by atoms with Gasteiger partial charge in [-0.2, -0.15) is 0 Å². The summed E-state index contributed by atoms with van der Waals surface area (Å²) in [7, 11) is 0. The monoisotopic (exact) mass is 282 g/mol. The zero-order chi connectivity index (χ0) is 14.7. The largest absolute Gasteiger partial charge is 0.322 e. The van der Waals surface area contributed by atoms with Crippen LogP contribution in [0.15, 0.2) is 36.5 Å². The lowest BCUT2D eigenvalue weighted by Gasteiger charge is -2.11. The maximum absolute atomic E-state index is 12.3. The zero-order valence-electron chi connectivity index (χ0n) is 12.0. The van der Waals surface area contributed by atoms with Crippen LogP contribution in [0.25, 0.3) is 0 Å². The normalized spacial score (nSPS) is 17.7. The Bertz CT molecular complexity index is 636. The summed E-state index contributed by atoms with van der Waals surface area (Å²) in [6, 6.07) is 9.60. The number of carbonyl (C=O) groups excluding carboxylic acids is 1. The molecule has 0 unspecified atom stereocenters. The van der Waals surface area contributed by atoms with E-state index in [2.05, 4.69) is 20.6 Å². The number of amides is 1. The molecule has 0 spiro atoms. The Kier molecular flexibility index (Phi) is 3.92. The van der Waals surface area contributed by atoms with Gasteiger partial charge in [0.25, 0.3) is 5.91 Å². The molecule has 1 amide bonds. The van der Waals surface area contributed by atoms with Gasteiger partial charge in [0.2, 0.25) is 0 Å². The Balaban J connectivity index is 1.77. The molecule has 21 heavy (non-hydrogen) atoms. The molecular weight excluding hydrogens is 264 g/mol. The lowest BCUT2D eigenvalue weighted by molar-refractivity contribution is 0.102. The molecule has 0 aliphatic carbocycles. The molecule has 0 radical (unpaired) electrons. The number of aromatic nitrogens is 2. The predicted octanol–water partition coefficient (Wildman–Crippen LogP) is 2.46. The summed E-state index contributed by atoms with van der Waals surface area (Å²) in [5.41, 5.74) is 1.99. The molecule has 1 saturated heterocycles. The van der Waals surface area contributed by atoms with Crippen molar-refractivity contribution >= 4 is 11.6 Å². The number of carbonyl (C=O) groups is 1. The van der Waals surface area contributed by atoms with E-state index in [0.717, 1.165) is 30.9 Å². The average Bonchev–Trinajstić information content (AvgIpc) is 3.02. The first-order valence-electron chi connectivity index (χ1n) is 7.17. The summed E-state index contributed by atoms with van der Waals surface area (Å²) < 4.78 is 0. The highest BCUT2D eigenvalue weighted by Gasteiger charge is 2.20. The average molecular weight is 282 g/mol. The fourth-order valence-corrected chi connectivity index (χ4v) is 2.50. The first-order valence-corrected chi connectivity index (χ1v) is 7.17. The van der Waals surface area contributed by atoms with Crippen molar-refractivity contribution in [2.24, 2.45) is 0 Å². The molecule has 5 heteroatoms. The molecule has 1 aromatic heterocycles. The maximum Gasteiger partial charge on any atom is 0.259 e. The number of rotatable bonds is 3. The van der Waals surface area contributed by atoms with Gasteiger partial charge in [-0.25, -0.2) is 9.97 Å². The molecule has 1 aliphatic heterocycles. The molecule has 1 atom stereocenters. The molecule has 2 aromatic rings. The van der Waals surface area contributed by atoms with Crippen molar-refractivity contribution in [3.05, 3.63) is 53.6 Å². The maximum atomic E-state index is 12.3. The predicted molar refractivity (Wildman–Crippen MR) is 81.1 cm³/mol. The second kappa shape index (κ2) is 6.01. The summed E-state index contributed by atoms with van der Waals surface area (Å²) >= 11 is 0. The highest BCUT2D eigenvalue weighted by molar-refractivity contribution is 6.04. The summed E-state index contributed by atoms with van der Waals surface area (Å²) in [6.45, 7) is 2.85. The third-order valence-electron chi connectivity index (χ3n) is 3.65. The molecular formula is C16H18N4O. The smallest absolute Gasteiger partial charge is 0.259 e. The number of hydrogen-bond acceptors (Lipinski definition) is 4. The number of aryl methyl sites for hydroxylation is 1. The molecule has 1 aliphatic rings. The van der Waals surface area contributed by atoms with E-state index in [0.29, 0.717) is 11.3 Å². The number of nitrogens with zero attached hydrogens (tertiary/aromatic N) is 2. The second-order valence-corrected chi connectivity index (χ2v) is 5.20. The Morgan fingerprint density at radius 2 is 2.14 bits per heavy atom. The van der Waals surface area contributed by atoms with Crippen LogP contribution >= 0.6 is 0 Å². The summed E-state index contributed by atoms with van der Waals surface area (Å²) in [4.78, 5) is 21.1. The summed E-state index contributed by atoms with van der Waals surface area (Å²) in [6.07, 6.45) is 3.81. The van der Waals surface area contributed by atoms with Crippen LogP contribution in [-0.4, -0.2) is 22.4 Å².